The van der Waals surface area contributed by atoms with E-state index in [1.807, 2.05) is 6.92 Å². The molecule has 0 amide bonds. The topological polar surface area (TPSA) is 36.9 Å². The third-order valence-electron chi connectivity index (χ3n) is 3.05. The highest BCUT2D eigenvalue weighted by Gasteiger charge is 2.06. The molecule has 0 spiro atoms. The third-order valence-corrected chi connectivity index (χ3v) is 3.05. The molecule has 0 aromatic heterocycles. The maximum absolute atomic E-state index is 5.81. The van der Waals surface area contributed by atoms with Gasteiger partial charge in [-0.15, -0.1) is 0 Å². The normalized spacial score (nSPS) is 12.7. The summed E-state index contributed by atoms with van der Waals surface area (Å²) in [5.41, 5.74) is 0. The molecule has 0 aliphatic rings. The molecular weight excluding hydrogens is 268 g/mol. The first-order valence-corrected chi connectivity index (χ1v) is 8.49. The molecule has 4 nitrogen and oxygen atoms in total. The van der Waals surface area contributed by atoms with Gasteiger partial charge in [0, 0.05) is 46.2 Å². The lowest BCUT2D eigenvalue weighted by Gasteiger charge is -2.16. The van der Waals surface area contributed by atoms with Crippen LogP contribution in [0.2, 0.25) is 0 Å². The van der Waals surface area contributed by atoms with Gasteiger partial charge < -0.3 is 18.9 Å². The van der Waals surface area contributed by atoms with E-state index < -0.39 is 0 Å². The van der Waals surface area contributed by atoms with Crippen molar-refractivity contribution in [3.8, 4) is 0 Å². The molecule has 0 aromatic carbocycles. The second-order valence-electron chi connectivity index (χ2n) is 5.05. The van der Waals surface area contributed by atoms with Gasteiger partial charge in [-0.2, -0.15) is 0 Å². The fourth-order valence-corrected chi connectivity index (χ4v) is 1.89. The fraction of sp³-hybridized carbons (Fsp3) is 0.941. The first-order valence-electron chi connectivity index (χ1n) is 8.49. The zero-order chi connectivity index (χ0) is 15.6. The van der Waals surface area contributed by atoms with Gasteiger partial charge in [0.15, 0.2) is 0 Å². The standard InChI is InChI=1S/C17H35O4/c1-4-11-19-15-9-16-21-17(5-2)10-7-12-20-14-8-13-18-6-3/h17H,2,4-16H2,1,3H3. The summed E-state index contributed by atoms with van der Waals surface area (Å²) in [6.45, 7) is 13.6. The molecule has 0 aliphatic heterocycles. The van der Waals surface area contributed by atoms with E-state index in [1.54, 1.807) is 0 Å². The van der Waals surface area contributed by atoms with E-state index in [-0.39, 0.29) is 6.10 Å². The zero-order valence-electron chi connectivity index (χ0n) is 14.1. The smallest absolute Gasteiger partial charge is 0.0576 e. The van der Waals surface area contributed by atoms with Gasteiger partial charge in [0.25, 0.3) is 0 Å². The van der Waals surface area contributed by atoms with Crippen molar-refractivity contribution in [3.05, 3.63) is 6.92 Å². The lowest BCUT2D eigenvalue weighted by atomic mass is 10.1. The van der Waals surface area contributed by atoms with Crippen molar-refractivity contribution in [1.29, 1.82) is 0 Å². The van der Waals surface area contributed by atoms with Gasteiger partial charge in [-0.25, -0.2) is 0 Å². The van der Waals surface area contributed by atoms with E-state index in [9.17, 15) is 0 Å². The second-order valence-corrected chi connectivity index (χ2v) is 5.05. The SMILES string of the molecule is [CH2]CC(CCCOCCCOCC)OCCCOCCC. The Balaban J connectivity index is 3.28. The number of ether oxygens (including phenoxy) is 4. The van der Waals surface area contributed by atoms with Crippen molar-refractivity contribution >= 4 is 0 Å². The molecular formula is C17H35O4. The summed E-state index contributed by atoms with van der Waals surface area (Å²) in [6, 6.07) is 0. The fourth-order valence-electron chi connectivity index (χ4n) is 1.89. The first kappa shape index (κ1) is 20.8. The minimum absolute atomic E-state index is 0.253. The summed E-state index contributed by atoms with van der Waals surface area (Å²) in [7, 11) is 0. The Morgan fingerprint density at radius 3 is 2.05 bits per heavy atom. The molecule has 1 atom stereocenters. The van der Waals surface area contributed by atoms with Gasteiger partial charge in [-0.05, 0) is 45.4 Å². The van der Waals surface area contributed by atoms with Crippen LogP contribution in [0.4, 0.5) is 0 Å². The van der Waals surface area contributed by atoms with E-state index in [0.29, 0.717) is 0 Å². The summed E-state index contributed by atoms with van der Waals surface area (Å²) in [5.74, 6) is 0. The number of rotatable bonds is 17. The number of hydrogen-bond donors (Lipinski definition) is 0. The molecule has 21 heavy (non-hydrogen) atoms. The van der Waals surface area contributed by atoms with Crippen LogP contribution in [0.3, 0.4) is 0 Å². The van der Waals surface area contributed by atoms with Crippen LogP contribution in [-0.4, -0.2) is 52.4 Å². The summed E-state index contributed by atoms with van der Waals surface area (Å²) in [6.07, 6.45) is 6.13. The Bertz CT molecular complexity index is 188. The van der Waals surface area contributed by atoms with E-state index in [0.717, 1.165) is 84.8 Å². The zero-order valence-corrected chi connectivity index (χ0v) is 14.1. The largest absolute Gasteiger partial charge is 0.382 e. The van der Waals surface area contributed by atoms with Crippen molar-refractivity contribution in [1.82, 2.24) is 0 Å². The van der Waals surface area contributed by atoms with Crippen LogP contribution in [0.5, 0.6) is 0 Å². The Morgan fingerprint density at radius 2 is 1.38 bits per heavy atom. The highest BCUT2D eigenvalue weighted by atomic mass is 16.5. The quantitative estimate of drug-likeness (QED) is 0.384. The van der Waals surface area contributed by atoms with E-state index >= 15 is 0 Å². The van der Waals surface area contributed by atoms with Crippen molar-refractivity contribution in [2.75, 3.05) is 46.2 Å². The summed E-state index contributed by atoms with van der Waals surface area (Å²) in [5, 5.41) is 0. The van der Waals surface area contributed by atoms with E-state index in [1.165, 1.54) is 0 Å². The lowest BCUT2D eigenvalue weighted by Crippen LogP contribution is -2.15. The number of hydrogen-bond acceptors (Lipinski definition) is 4. The van der Waals surface area contributed by atoms with Gasteiger partial charge in [0.2, 0.25) is 0 Å². The lowest BCUT2D eigenvalue weighted by molar-refractivity contribution is 0.0221. The molecule has 0 heterocycles. The Hall–Kier alpha value is -0.160. The van der Waals surface area contributed by atoms with Gasteiger partial charge in [0.1, 0.15) is 0 Å². The molecule has 0 saturated carbocycles. The molecule has 1 unspecified atom stereocenters. The van der Waals surface area contributed by atoms with Crippen molar-refractivity contribution < 1.29 is 18.9 Å². The maximum atomic E-state index is 5.81. The monoisotopic (exact) mass is 303 g/mol. The molecule has 0 aromatic rings. The van der Waals surface area contributed by atoms with Crippen molar-refractivity contribution in [3.63, 3.8) is 0 Å². The molecule has 0 N–H and O–H groups in total. The maximum Gasteiger partial charge on any atom is 0.0576 e. The Labute approximate surface area is 131 Å². The first-order chi connectivity index (χ1) is 10.3. The highest BCUT2D eigenvalue weighted by molar-refractivity contribution is 4.60. The van der Waals surface area contributed by atoms with E-state index in [2.05, 4.69) is 13.8 Å². The summed E-state index contributed by atoms with van der Waals surface area (Å²) in [4.78, 5) is 0. The predicted octanol–water partition coefficient (Wildman–Crippen LogP) is 3.64. The van der Waals surface area contributed by atoms with Crippen LogP contribution in [0, 0.1) is 6.92 Å². The van der Waals surface area contributed by atoms with Crippen LogP contribution in [0.15, 0.2) is 0 Å². The molecule has 0 saturated heterocycles. The molecule has 127 valence electrons. The van der Waals surface area contributed by atoms with Crippen LogP contribution >= 0.6 is 0 Å². The van der Waals surface area contributed by atoms with Gasteiger partial charge in [-0.3, -0.25) is 0 Å². The Kier molecular flexibility index (Phi) is 17.8. The van der Waals surface area contributed by atoms with Gasteiger partial charge >= 0.3 is 0 Å². The van der Waals surface area contributed by atoms with Crippen molar-refractivity contribution in [2.45, 2.75) is 58.5 Å². The molecule has 1 radical (unpaired) electrons. The van der Waals surface area contributed by atoms with Crippen molar-refractivity contribution in [2.24, 2.45) is 0 Å². The average Bonchev–Trinajstić information content (AvgIpc) is 2.51. The molecule has 0 rings (SSSR count). The molecule has 0 fully saturated rings. The summed E-state index contributed by atoms with van der Waals surface area (Å²) < 4.78 is 22.1. The van der Waals surface area contributed by atoms with Crippen LogP contribution in [0.25, 0.3) is 0 Å². The van der Waals surface area contributed by atoms with Gasteiger partial charge in [-0.1, -0.05) is 13.8 Å². The average molecular weight is 303 g/mol. The van der Waals surface area contributed by atoms with Gasteiger partial charge in [0.05, 0.1) is 6.10 Å². The highest BCUT2D eigenvalue weighted by Crippen LogP contribution is 2.07. The van der Waals surface area contributed by atoms with E-state index in [4.69, 9.17) is 18.9 Å². The minimum Gasteiger partial charge on any atom is -0.382 e. The molecule has 0 bridgehead atoms. The summed E-state index contributed by atoms with van der Waals surface area (Å²) >= 11 is 0. The van der Waals surface area contributed by atoms with Crippen LogP contribution < -0.4 is 0 Å². The molecule has 4 heteroatoms. The van der Waals surface area contributed by atoms with Crippen LogP contribution in [0.1, 0.15) is 52.4 Å². The predicted molar refractivity (Wildman–Crippen MR) is 86.6 cm³/mol. The minimum atomic E-state index is 0.253. The van der Waals surface area contributed by atoms with Crippen LogP contribution in [-0.2, 0) is 18.9 Å². The molecule has 0 aliphatic carbocycles. The Morgan fingerprint density at radius 1 is 0.762 bits per heavy atom. The third kappa shape index (κ3) is 16.0. The second kappa shape index (κ2) is 17.9.